The number of fused-ring (bicyclic) bond motifs is 1. The number of rotatable bonds is 4. The van der Waals surface area contributed by atoms with Crippen LogP contribution in [0.15, 0.2) is 59.5 Å². The quantitative estimate of drug-likeness (QED) is 0.540. The fraction of sp³-hybridized carbons (Fsp3) is 0.227. The van der Waals surface area contributed by atoms with Crippen LogP contribution in [0, 0.1) is 11.7 Å². The number of carbonyl (C=O) groups is 1. The van der Waals surface area contributed by atoms with E-state index in [1.807, 2.05) is 6.07 Å². The van der Waals surface area contributed by atoms with Gasteiger partial charge in [0.25, 0.3) is 5.71 Å². The van der Waals surface area contributed by atoms with Crippen LogP contribution in [0.1, 0.15) is 12.8 Å². The van der Waals surface area contributed by atoms with Crippen molar-refractivity contribution in [2.45, 2.75) is 12.8 Å². The summed E-state index contributed by atoms with van der Waals surface area (Å²) in [7, 11) is 0. The predicted octanol–water partition coefficient (Wildman–Crippen LogP) is 3.67. The van der Waals surface area contributed by atoms with E-state index in [1.54, 1.807) is 30.5 Å². The second-order valence-corrected chi connectivity index (χ2v) is 7.40. The van der Waals surface area contributed by atoms with Crippen molar-refractivity contribution in [3.63, 3.8) is 0 Å². The van der Waals surface area contributed by atoms with Gasteiger partial charge < -0.3 is 14.7 Å². The first-order valence-electron chi connectivity index (χ1n) is 10.0. The number of hydrogen-bond acceptors (Lipinski definition) is 7. The molecule has 1 atom stereocenters. The summed E-state index contributed by atoms with van der Waals surface area (Å²) in [6.07, 6.45) is 4.68. The lowest BCUT2D eigenvalue weighted by Crippen LogP contribution is -2.41. The Labute approximate surface area is 177 Å². The SMILES string of the molecule is O=C(Nc1ccccn1)[C@H]1CCCN(c2ncnc3onc(-c4ccc(F)cc4)c23)C1. The summed E-state index contributed by atoms with van der Waals surface area (Å²) in [5.41, 5.74) is 1.60. The van der Waals surface area contributed by atoms with Gasteiger partial charge >= 0.3 is 0 Å². The van der Waals surface area contributed by atoms with E-state index in [2.05, 4.69) is 30.3 Å². The van der Waals surface area contributed by atoms with Gasteiger partial charge in [-0.1, -0.05) is 11.2 Å². The van der Waals surface area contributed by atoms with Crippen LogP contribution >= 0.6 is 0 Å². The van der Waals surface area contributed by atoms with Crippen molar-refractivity contribution in [1.82, 2.24) is 20.1 Å². The van der Waals surface area contributed by atoms with Gasteiger partial charge in [-0.2, -0.15) is 4.98 Å². The molecule has 0 bridgehead atoms. The molecule has 1 fully saturated rings. The molecule has 9 heteroatoms. The number of halogens is 1. The van der Waals surface area contributed by atoms with Crippen LogP contribution < -0.4 is 10.2 Å². The summed E-state index contributed by atoms with van der Waals surface area (Å²) < 4.78 is 18.8. The van der Waals surface area contributed by atoms with Crippen LogP contribution in [0.3, 0.4) is 0 Å². The molecule has 156 valence electrons. The summed E-state index contributed by atoms with van der Waals surface area (Å²) in [6, 6.07) is 11.4. The first-order valence-corrected chi connectivity index (χ1v) is 10.0. The highest BCUT2D eigenvalue weighted by molar-refractivity contribution is 5.98. The zero-order valence-electron chi connectivity index (χ0n) is 16.5. The van der Waals surface area contributed by atoms with Crippen LogP contribution in [0.5, 0.6) is 0 Å². The number of anilines is 2. The predicted molar refractivity (Wildman–Crippen MR) is 113 cm³/mol. The van der Waals surface area contributed by atoms with Crippen molar-refractivity contribution in [3.05, 3.63) is 60.8 Å². The molecule has 1 aliphatic heterocycles. The maximum atomic E-state index is 13.4. The number of benzene rings is 1. The molecule has 1 amide bonds. The molecule has 31 heavy (non-hydrogen) atoms. The number of piperidine rings is 1. The fourth-order valence-electron chi connectivity index (χ4n) is 3.86. The normalized spacial score (nSPS) is 16.4. The van der Waals surface area contributed by atoms with Crippen molar-refractivity contribution < 1.29 is 13.7 Å². The number of aromatic nitrogens is 4. The number of nitrogens with zero attached hydrogens (tertiary/aromatic N) is 5. The number of amides is 1. The molecule has 0 saturated carbocycles. The zero-order chi connectivity index (χ0) is 21.2. The maximum Gasteiger partial charge on any atom is 0.263 e. The number of hydrogen-bond donors (Lipinski definition) is 1. The molecule has 0 spiro atoms. The molecule has 1 aromatic carbocycles. The zero-order valence-corrected chi connectivity index (χ0v) is 16.5. The standard InChI is InChI=1S/C22H19FN6O2/c23-16-8-6-14(7-9-16)19-18-20(25-13-26-22(18)31-28-19)29-11-3-4-15(12-29)21(30)27-17-5-1-2-10-24-17/h1-2,5-10,13,15H,3-4,11-12H2,(H,24,27,30)/t15-/m0/s1. The van der Waals surface area contributed by atoms with Crippen molar-refractivity contribution in [1.29, 1.82) is 0 Å². The van der Waals surface area contributed by atoms with Crippen LogP contribution in [-0.4, -0.2) is 39.1 Å². The second-order valence-electron chi connectivity index (χ2n) is 7.40. The number of carbonyl (C=O) groups excluding carboxylic acids is 1. The highest BCUT2D eigenvalue weighted by atomic mass is 19.1. The van der Waals surface area contributed by atoms with Crippen LogP contribution in [0.2, 0.25) is 0 Å². The molecule has 8 nitrogen and oxygen atoms in total. The highest BCUT2D eigenvalue weighted by Gasteiger charge is 2.29. The number of pyridine rings is 1. The van der Waals surface area contributed by atoms with Crippen LogP contribution in [0.4, 0.5) is 16.0 Å². The summed E-state index contributed by atoms with van der Waals surface area (Å²) in [6.45, 7) is 1.24. The third-order valence-electron chi connectivity index (χ3n) is 5.38. The van der Waals surface area contributed by atoms with Crippen LogP contribution in [-0.2, 0) is 4.79 Å². The average molecular weight is 418 g/mol. The minimum absolute atomic E-state index is 0.0715. The van der Waals surface area contributed by atoms with E-state index in [0.29, 0.717) is 40.5 Å². The minimum Gasteiger partial charge on any atom is -0.355 e. The van der Waals surface area contributed by atoms with Gasteiger partial charge in [-0.3, -0.25) is 4.79 Å². The topological polar surface area (TPSA) is 97.0 Å². The average Bonchev–Trinajstić information content (AvgIpc) is 3.25. The van der Waals surface area contributed by atoms with Gasteiger partial charge in [0.15, 0.2) is 0 Å². The monoisotopic (exact) mass is 418 g/mol. The van der Waals surface area contributed by atoms with Crippen molar-refractivity contribution in [3.8, 4) is 11.3 Å². The van der Waals surface area contributed by atoms with Gasteiger partial charge in [0.2, 0.25) is 5.91 Å². The first kappa shape index (κ1) is 19.1. The van der Waals surface area contributed by atoms with E-state index in [9.17, 15) is 9.18 Å². The lowest BCUT2D eigenvalue weighted by molar-refractivity contribution is -0.120. The van der Waals surface area contributed by atoms with E-state index in [4.69, 9.17) is 4.52 Å². The molecule has 3 aromatic heterocycles. The first-order chi connectivity index (χ1) is 15.2. The molecule has 1 N–H and O–H groups in total. The Morgan fingerprint density at radius 1 is 1.13 bits per heavy atom. The van der Waals surface area contributed by atoms with E-state index in [0.717, 1.165) is 19.4 Å². The van der Waals surface area contributed by atoms with Crippen molar-refractivity contribution >= 4 is 28.6 Å². The number of nitrogens with one attached hydrogen (secondary N) is 1. The third-order valence-corrected chi connectivity index (χ3v) is 5.38. The minimum atomic E-state index is -0.328. The smallest absolute Gasteiger partial charge is 0.263 e. The molecular formula is C22H19FN6O2. The molecule has 1 saturated heterocycles. The van der Waals surface area contributed by atoms with E-state index >= 15 is 0 Å². The van der Waals surface area contributed by atoms with Crippen molar-refractivity contribution in [2.24, 2.45) is 5.92 Å². The van der Waals surface area contributed by atoms with Gasteiger partial charge in [-0.25, -0.2) is 14.4 Å². The Hall–Kier alpha value is -3.88. The Morgan fingerprint density at radius 3 is 2.81 bits per heavy atom. The lowest BCUT2D eigenvalue weighted by atomic mass is 9.96. The lowest BCUT2D eigenvalue weighted by Gasteiger charge is -2.33. The largest absolute Gasteiger partial charge is 0.355 e. The van der Waals surface area contributed by atoms with E-state index in [1.165, 1.54) is 18.5 Å². The van der Waals surface area contributed by atoms with Gasteiger partial charge in [-0.05, 0) is 49.2 Å². The molecule has 0 aliphatic carbocycles. The summed E-state index contributed by atoms with van der Waals surface area (Å²) in [4.78, 5) is 27.7. The molecule has 4 heterocycles. The molecule has 0 unspecified atom stereocenters. The van der Waals surface area contributed by atoms with Gasteiger partial charge in [0.1, 0.15) is 34.9 Å². The van der Waals surface area contributed by atoms with Crippen LogP contribution in [0.25, 0.3) is 22.4 Å². The molecule has 1 aliphatic rings. The Kier molecular flexibility index (Phi) is 4.99. The molecule has 4 aromatic rings. The van der Waals surface area contributed by atoms with Gasteiger partial charge in [-0.15, -0.1) is 0 Å². The molecule has 0 radical (unpaired) electrons. The maximum absolute atomic E-state index is 13.4. The Balaban J connectivity index is 1.44. The summed E-state index contributed by atoms with van der Waals surface area (Å²) in [5.74, 6) is 0.575. The van der Waals surface area contributed by atoms with Crippen molar-refractivity contribution in [2.75, 3.05) is 23.3 Å². The molecular weight excluding hydrogens is 399 g/mol. The van der Waals surface area contributed by atoms with Gasteiger partial charge in [0, 0.05) is 24.8 Å². The third kappa shape index (κ3) is 3.81. The summed E-state index contributed by atoms with van der Waals surface area (Å²) in [5, 5.41) is 7.68. The van der Waals surface area contributed by atoms with Gasteiger partial charge in [0.05, 0.1) is 5.92 Å². The fourth-order valence-corrected chi connectivity index (χ4v) is 3.86. The highest BCUT2D eigenvalue weighted by Crippen LogP contribution is 2.35. The summed E-state index contributed by atoms with van der Waals surface area (Å²) >= 11 is 0. The van der Waals surface area contributed by atoms with E-state index < -0.39 is 0 Å². The Morgan fingerprint density at radius 2 is 2.00 bits per heavy atom. The second kappa shape index (κ2) is 8.10. The van der Waals surface area contributed by atoms with E-state index in [-0.39, 0.29) is 17.6 Å². The molecule has 5 rings (SSSR count). The Bertz CT molecular complexity index is 1210.